The van der Waals surface area contributed by atoms with E-state index in [0.717, 1.165) is 13.1 Å². The molecule has 0 atom stereocenters. The van der Waals surface area contributed by atoms with E-state index in [9.17, 15) is 8.42 Å². The quantitative estimate of drug-likeness (QED) is 0.534. The number of rotatable bonds is 8. The molecule has 2 N–H and O–H groups in total. The Kier molecular flexibility index (Phi) is 7.22. The van der Waals surface area contributed by atoms with Crippen molar-refractivity contribution in [2.75, 3.05) is 38.7 Å². The first-order valence-electron chi connectivity index (χ1n) is 4.62. The van der Waals surface area contributed by atoms with Crippen LogP contribution in [0.1, 0.15) is 12.8 Å². The van der Waals surface area contributed by atoms with Gasteiger partial charge in [0.05, 0.1) is 11.5 Å². The van der Waals surface area contributed by atoms with Crippen LogP contribution < -0.4 is 10.6 Å². The second kappa shape index (κ2) is 7.29. The van der Waals surface area contributed by atoms with Crippen molar-refractivity contribution < 1.29 is 8.42 Å². The van der Waals surface area contributed by atoms with Crippen LogP contribution in [0.2, 0.25) is 0 Å². The van der Waals surface area contributed by atoms with Crippen molar-refractivity contribution >= 4 is 9.84 Å². The highest BCUT2D eigenvalue weighted by Crippen LogP contribution is 1.95. The third kappa shape index (κ3) is 8.21. The first-order chi connectivity index (χ1) is 6.12. The molecular weight excluding hydrogens is 188 g/mol. The summed E-state index contributed by atoms with van der Waals surface area (Å²) in [5, 5.41) is 5.86. The van der Waals surface area contributed by atoms with E-state index in [2.05, 4.69) is 10.6 Å². The minimum absolute atomic E-state index is 0.303. The van der Waals surface area contributed by atoms with Crippen LogP contribution in [0.3, 0.4) is 0 Å². The van der Waals surface area contributed by atoms with E-state index in [4.69, 9.17) is 0 Å². The second-order valence-electron chi connectivity index (χ2n) is 3.07. The number of nitrogens with one attached hydrogen (secondary N) is 2. The molecule has 0 aromatic heterocycles. The first kappa shape index (κ1) is 12.9. The zero-order chi connectivity index (χ0) is 10.2. The van der Waals surface area contributed by atoms with Crippen LogP contribution in [0, 0.1) is 0 Å². The Bertz CT molecular complexity index is 186. The molecule has 0 heterocycles. The average Bonchev–Trinajstić information content (AvgIpc) is 2.05. The summed E-state index contributed by atoms with van der Waals surface area (Å²) in [6, 6.07) is 0. The van der Waals surface area contributed by atoms with Gasteiger partial charge in [0, 0.05) is 0 Å². The van der Waals surface area contributed by atoms with Gasteiger partial charge in [-0.2, -0.15) is 0 Å². The van der Waals surface area contributed by atoms with Crippen LogP contribution in [0.15, 0.2) is 0 Å². The molecule has 0 amide bonds. The summed E-state index contributed by atoms with van der Waals surface area (Å²) in [4.78, 5) is 0. The lowest BCUT2D eigenvalue weighted by Crippen LogP contribution is -2.19. The van der Waals surface area contributed by atoms with Gasteiger partial charge >= 0.3 is 0 Å². The molecule has 0 aliphatic heterocycles. The maximum atomic E-state index is 11.3. The molecule has 0 spiro atoms. The Morgan fingerprint density at radius 3 is 1.62 bits per heavy atom. The Labute approximate surface area is 81.0 Å². The van der Waals surface area contributed by atoms with Gasteiger partial charge in [0.25, 0.3) is 0 Å². The summed E-state index contributed by atoms with van der Waals surface area (Å²) in [6.45, 7) is 1.54. The van der Waals surface area contributed by atoms with E-state index in [-0.39, 0.29) is 0 Å². The highest BCUT2D eigenvalue weighted by molar-refractivity contribution is 7.91. The van der Waals surface area contributed by atoms with Gasteiger partial charge < -0.3 is 10.6 Å². The van der Waals surface area contributed by atoms with Gasteiger partial charge in [0.15, 0.2) is 0 Å². The molecule has 5 heteroatoms. The lowest BCUT2D eigenvalue weighted by atomic mass is 10.5. The third-order valence-corrected chi connectivity index (χ3v) is 3.59. The van der Waals surface area contributed by atoms with E-state index >= 15 is 0 Å². The third-order valence-electron chi connectivity index (χ3n) is 1.76. The van der Waals surface area contributed by atoms with Crippen molar-refractivity contribution in [3.8, 4) is 0 Å². The predicted molar refractivity (Wildman–Crippen MR) is 55.7 cm³/mol. The van der Waals surface area contributed by atoms with Gasteiger partial charge in [0.2, 0.25) is 0 Å². The van der Waals surface area contributed by atoms with E-state index in [1.165, 1.54) is 0 Å². The molecule has 0 radical (unpaired) electrons. The minimum atomic E-state index is -2.81. The van der Waals surface area contributed by atoms with Crippen LogP contribution in [-0.2, 0) is 9.84 Å². The molecule has 0 saturated carbocycles. The number of sulfone groups is 1. The molecule has 0 unspecified atom stereocenters. The highest BCUT2D eigenvalue weighted by atomic mass is 32.2. The standard InChI is InChI=1S/C8H20N2O2S/c1-9-5-3-7-13(11,12)8-4-6-10-2/h9-10H,3-8H2,1-2H3. The van der Waals surface area contributed by atoms with E-state index in [1.807, 2.05) is 14.1 Å². The fourth-order valence-corrected chi connectivity index (χ4v) is 2.41. The van der Waals surface area contributed by atoms with Gasteiger partial charge in [-0.25, -0.2) is 8.42 Å². The molecule has 0 aliphatic carbocycles. The smallest absolute Gasteiger partial charge is 0.150 e. The van der Waals surface area contributed by atoms with Gasteiger partial charge in [-0.1, -0.05) is 0 Å². The normalized spacial score (nSPS) is 11.8. The summed E-state index contributed by atoms with van der Waals surface area (Å²) in [6.07, 6.45) is 1.41. The highest BCUT2D eigenvalue weighted by Gasteiger charge is 2.08. The SMILES string of the molecule is CNCCCS(=O)(=O)CCCNC. The molecule has 4 nitrogen and oxygen atoms in total. The van der Waals surface area contributed by atoms with Gasteiger partial charge in [-0.05, 0) is 40.0 Å². The Hall–Kier alpha value is -0.130. The van der Waals surface area contributed by atoms with E-state index in [0.29, 0.717) is 24.3 Å². The topological polar surface area (TPSA) is 58.2 Å². The number of hydrogen-bond acceptors (Lipinski definition) is 4. The zero-order valence-corrected chi connectivity index (χ0v) is 9.28. The Balaban J connectivity index is 3.55. The summed E-state index contributed by atoms with van der Waals surface area (Å²) in [5.74, 6) is 0.606. The van der Waals surface area contributed by atoms with Crippen molar-refractivity contribution in [2.45, 2.75) is 12.8 Å². The lowest BCUT2D eigenvalue weighted by Gasteiger charge is -2.03. The van der Waals surface area contributed by atoms with E-state index < -0.39 is 9.84 Å². The van der Waals surface area contributed by atoms with Crippen molar-refractivity contribution in [1.29, 1.82) is 0 Å². The van der Waals surface area contributed by atoms with E-state index in [1.54, 1.807) is 0 Å². The maximum absolute atomic E-state index is 11.3. The van der Waals surface area contributed by atoms with Gasteiger partial charge in [-0.15, -0.1) is 0 Å². The molecule has 0 aromatic rings. The van der Waals surface area contributed by atoms with Crippen molar-refractivity contribution in [3.05, 3.63) is 0 Å². The molecule has 0 bridgehead atoms. The van der Waals surface area contributed by atoms with Gasteiger partial charge in [0.1, 0.15) is 9.84 Å². The molecular formula is C8H20N2O2S. The Morgan fingerprint density at radius 2 is 1.31 bits per heavy atom. The molecule has 0 fully saturated rings. The molecule has 13 heavy (non-hydrogen) atoms. The monoisotopic (exact) mass is 208 g/mol. The molecule has 0 aromatic carbocycles. The summed E-state index contributed by atoms with van der Waals surface area (Å²) >= 11 is 0. The van der Waals surface area contributed by atoms with Crippen molar-refractivity contribution in [3.63, 3.8) is 0 Å². The first-order valence-corrected chi connectivity index (χ1v) is 6.44. The molecule has 0 saturated heterocycles. The average molecular weight is 208 g/mol. The largest absolute Gasteiger partial charge is 0.320 e. The van der Waals surface area contributed by atoms with Crippen molar-refractivity contribution in [2.24, 2.45) is 0 Å². The molecule has 0 rings (SSSR count). The van der Waals surface area contributed by atoms with Crippen LogP contribution in [0.5, 0.6) is 0 Å². The van der Waals surface area contributed by atoms with Crippen LogP contribution in [0.4, 0.5) is 0 Å². The summed E-state index contributed by atoms with van der Waals surface area (Å²) < 4.78 is 22.6. The minimum Gasteiger partial charge on any atom is -0.320 e. The Morgan fingerprint density at radius 1 is 0.923 bits per heavy atom. The maximum Gasteiger partial charge on any atom is 0.150 e. The fourth-order valence-electron chi connectivity index (χ4n) is 1.04. The van der Waals surface area contributed by atoms with Crippen LogP contribution in [-0.4, -0.2) is 47.1 Å². The van der Waals surface area contributed by atoms with Gasteiger partial charge in [-0.3, -0.25) is 0 Å². The van der Waals surface area contributed by atoms with Crippen LogP contribution in [0.25, 0.3) is 0 Å². The van der Waals surface area contributed by atoms with Crippen LogP contribution >= 0.6 is 0 Å². The number of hydrogen-bond donors (Lipinski definition) is 2. The second-order valence-corrected chi connectivity index (χ2v) is 5.37. The van der Waals surface area contributed by atoms with Crippen molar-refractivity contribution in [1.82, 2.24) is 10.6 Å². The summed E-state index contributed by atoms with van der Waals surface area (Å²) in [5.41, 5.74) is 0. The fraction of sp³-hybridized carbons (Fsp3) is 1.00. The predicted octanol–water partition coefficient (Wildman–Crippen LogP) is -0.380. The zero-order valence-electron chi connectivity index (χ0n) is 8.47. The summed E-state index contributed by atoms with van der Waals surface area (Å²) in [7, 11) is 0.848. The molecule has 0 aliphatic rings. The lowest BCUT2D eigenvalue weighted by molar-refractivity contribution is 0.587. The molecule has 80 valence electrons.